The fourth-order valence-electron chi connectivity index (χ4n) is 1.22. The highest BCUT2D eigenvalue weighted by molar-refractivity contribution is 9.10. The molecular formula is C11H13BrN4O. The molecule has 2 N–H and O–H groups in total. The molecule has 6 heteroatoms. The second kappa shape index (κ2) is 4.54. The summed E-state index contributed by atoms with van der Waals surface area (Å²) in [5, 5.41) is 3.89. The van der Waals surface area contributed by atoms with Crippen molar-refractivity contribution in [3.8, 4) is 11.6 Å². The van der Waals surface area contributed by atoms with Gasteiger partial charge in [-0.2, -0.15) is 4.98 Å². The normalized spacial score (nSPS) is 14.6. The van der Waals surface area contributed by atoms with Gasteiger partial charge in [-0.1, -0.05) is 12.1 Å². The molecule has 0 saturated carbocycles. The number of nitrogens with two attached hydrogens (primary N) is 1. The van der Waals surface area contributed by atoms with E-state index in [4.69, 9.17) is 10.3 Å². The van der Waals surface area contributed by atoms with Crippen LogP contribution in [-0.2, 0) is 5.54 Å². The summed E-state index contributed by atoms with van der Waals surface area (Å²) in [5.41, 5.74) is 6.11. The summed E-state index contributed by atoms with van der Waals surface area (Å²) in [7, 11) is 0. The molecule has 0 bridgehead atoms. The minimum atomic E-state index is -0.572. The zero-order chi connectivity index (χ0) is 12.5. The average molecular weight is 297 g/mol. The first-order chi connectivity index (χ1) is 8.03. The molecule has 0 aromatic carbocycles. The zero-order valence-corrected chi connectivity index (χ0v) is 11.2. The Kier molecular flexibility index (Phi) is 3.26. The first-order valence-electron chi connectivity index (χ1n) is 5.28. The Balaban J connectivity index is 2.33. The van der Waals surface area contributed by atoms with Crippen molar-refractivity contribution in [1.82, 2.24) is 15.1 Å². The Morgan fingerprint density at radius 3 is 2.82 bits per heavy atom. The fourth-order valence-corrected chi connectivity index (χ4v) is 1.45. The molecule has 2 rings (SSSR count). The van der Waals surface area contributed by atoms with Gasteiger partial charge in [0.15, 0.2) is 5.82 Å². The zero-order valence-electron chi connectivity index (χ0n) is 9.64. The molecule has 2 aromatic heterocycles. The van der Waals surface area contributed by atoms with Crippen molar-refractivity contribution in [1.29, 1.82) is 0 Å². The third-order valence-electron chi connectivity index (χ3n) is 2.62. The molecule has 1 unspecified atom stereocenters. The third kappa shape index (κ3) is 2.53. The lowest BCUT2D eigenvalue weighted by atomic mass is 10.0. The number of halogens is 1. The Bertz CT molecular complexity index is 506. The van der Waals surface area contributed by atoms with Gasteiger partial charge < -0.3 is 10.3 Å². The number of nitrogens with zero attached hydrogens (tertiary/aromatic N) is 3. The van der Waals surface area contributed by atoms with Crippen molar-refractivity contribution in [3.05, 3.63) is 28.6 Å². The minimum absolute atomic E-state index is 0.387. The van der Waals surface area contributed by atoms with Crippen LogP contribution in [0.1, 0.15) is 26.1 Å². The highest BCUT2D eigenvalue weighted by Gasteiger charge is 2.25. The molecule has 0 amide bonds. The Morgan fingerprint density at radius 1 is 1.47 bits per heavy atom. The first-order valence-corrected chi connectivity index (χ1v) is 6.07. The number of hydrogen-bond donors (Lipinski definition) is 1. The first kappa shape index (κ1) is 12.2. The summed E-state index contributed by atoms with van der Waals surface area (Å²) < 4.78 is 6.06. The predicted molar refractivity (Wildman–Crippen MR) is 67.1 cm³/mol. The van der Waals surface area contributed by atoms with Crippen LogP contribution in [0.5, 0.6) is 0 Å². The summed E-state index contributed by atoms with van der Waals surface area (Å²) in [6, 6.07) is 3.68. The average Bonchev–Trinajstić information content (AvgIpc) is 2.80. The molecule has 0 aliphatic heterocycles. The van der Waals surface area contributed by atoms with Crippen molar-refractivity contribution in [2.75, 3.05) is 0 Å². The van der Waals surface area contributed by atoms with E-state index in [-0.39, 0.29) is 0 Å². The van der Waals surface area contributed by atoms with Crippen LogP contribution < -0.4 is 5.73 Å². The van der Waals surface area contributed by atoms with Gasteiger partial charge in [0.05, 0.1) is 5.54 Å². The molecular weight excluding hydrogens is 284 g/mol. The van der Waals surface area contributed by atoms with Crippen molar-refractivity contribution in [2.24, 2.45) is 5.73 Å². The van der Waals surface area contributed by atoms with Crippen molar-refractivity contribution >= 4 is 15.9 Å². The maximum absolute atomic E-state index is 6.04. The highest BCUT2D eigenvalue weighted by Crippen LogP contribution is 2.22. The van der Waals surface area contributed by atoms with Crippen LogP contribution in [-0.4, -0.2) is 15.1 Å². The molecule has 0 radical (unpaired) electrons. The highest BCUT2D eigenvalue weighted by atomic mass is 79.9. The van der Waals surface area contributed by atoms with Crippen LogP contribution in [0.4, 0.5) is 0 Å². The van der Waals surface area contributed by atoms with Gasteiger partial charge in [0.25, 0.3) is 5.89 Å². The minimum Gasteiger partial charge on any atom is -0.332 e. The molecule has 0 aliphatic carbocycles. The summed E-state index contributed by atoms with van der Waals surface area (Å²) in [6.07, 6.45) is 2.42. The van der Waals surface area contributed by atoms with Crippen molar-refractivity contribution in [2.45, 2.75) is 25.8 Å². The van der Waals surface area contributed by atoms with E-state index >= 15 is 0 Å². The number of pyridine rings is 1. The van der Waals surface area contributed by atoms with E-state index in [1.165, 1.54) is 0 Å². The molecule has 0 saturated heterocycles. The van der Waals surface area contributed by atoms with Crippen LogP contribution in [0.3, 0.4) is 0 Å². The fraction of sp³-hybridized carbons (Fsp3) is 0.364. The monoisotopic (exact) mass is 296 g/mol. The van der Waals surface area contributed by atoms with Crippen LogP contribution >= 0.6 is 15.9 Å². The second-order valence-electron chi connectivity index (χ2n) is 4.06. The molecule has 0 aliphatic rings. The second-order valence-corrected chi connectivity index (χ2v) is 4.97. The molecule has 1 atom stereocenters. The van der Waals surface area contributed by atoms with Gasteiger partial charge in [0.1, 0.15) is 5.69 Å². The number of aromatic nitrogens is 3. The number of hydrogen-bond acceptors (Lipinski definition) is 5. The van der Waals surface area contributed by atoms with Gasteiger partial charge >= 0.3 is 0 Å². The van der Waals surface area contributed by atoms with E-state index in [0.29, 0.717) is 17.4 Å². The lowest BCUT2D eigenvalue weighted by molar-refractivity contribution is 0.378. The summed E-state index contributed by atoms with van der Waals surface area (Å²) in [6.45, 7) is 3.85. The molecule has 2 heterocycles. The van der Waals surface area contributed by atoms with Crippen LogP contribution in [0.15, 0.2) is 27.3 Å². The van der Waals surface area contributed by atoms with E-state index in [1.807, 2.05) is 19.9 Å². The molecule has 0 spiro atoms. The maximum atomic E-state index is 6.04. The summed E-state index contributed by atoms with van der Waals surface area (Å²) in [4.78, 5) is 8.46. The van der Waals surface area contributed by atoms with Gasteiger partial charge in [0, 0.05) is 10.7 Å². The molecule has 2 aromatic rings. The van der Waals surface area contributed by atoms with E-state index in [9.17, 15) is 0 Å². The molecule has 5 nitrogen and oxygen atoms in total. The topological polar surface area (TPSA) is 77.8 Å². The van der Waals surface area contributed by atoms with Crippen LogP contribution in [0.2, 0.25) is 0 Å². The van der Waals surface area contributed by atoms with E-state index in [0.717, 1.165) is 10.9 Å². The van der Waals surface area contributed by atoms with Gasteiger partial charge in [-0.15, -0.1) is 0 Å². The Hall–Kier alpha value is -1.27. The van der Waals surface area contributed by atoms with Crippen LogP contribution in [0, 0.1) is 0 Å². The van der Waals surface area contributed by atoms with Gasteiger partial charge in [-0.05, 0) is 41.4 Å². The van der Waals surface area contributed by atoms with Crippen molar-refractivity contribution in [3.63, 3.8) is 0 Å². The van der Waals surface area contributed by atoms with Crippen LogP contribution in [0.25, 0.3) is 11.6 Å². The van der Waals surface area contributed by atoms with E-state index in [1.54, 1.807) is 12.3 Å². The van der Waals surface area contributed by atoms with Gasteiger partial charge in [-0.3, -0.25) is 0 Å². The molecule has 90 valence electrons. The summed E-state index contributed by atoms with van der Waals surface area (Å²) >= 11 is 3.32. The maximum Gasteiger partial charge on any atom is 0.276 e. The number of rotatable bonds is 3. The van der Waals surface area contributed by atoms with Gasteiger partial charge in [-0.25, -0.2) is 4.98 Å². The predicted octanol–water partition coefficient (Wildman–Crippen LogP) is 2.48. The Labute approximate surface area is 108 Å². The smallest absolute Gasteiger partial charge is 0.276 e. The van der Waals surface area contributed by atoms with E-state index < -0.39 is 5.54 Å². The molecule has 0 fully saturated rings. The van der Waals surface area contributed by atoms with Gasteiger partial charge in [0.2, 0.25) is 0 Å². The van der Waals surface area contributed by atoms with Crippen molar-refractivity contribution < 1.29 is 4.52 Å². The lowest BCUT2D eigenvalue weighted by Gasteiger charge is -2.16. The molecule has 17 heavy (non-hydrogen) atoms. The largest absolute Gasteiger partial charge is 0.332 e. The standard InChI is InChI=1S/C11H13BrN4O/c1-3-11(2,13)10-15-9(17-16-10)8-5-4-7(12)6-14-8/h4-6H,3,13H2,1-2H3. The Morgan fingerprint density at radius 2 is 2.24 bits per heavy atom. The quantitative estimate of drug-likeness (QED) is 0.941. The SMILES string of the molecule is CCC(C)(N)c1noc(-c2ccc(Br)cn2)n1. The summed E-state index contributed by atoms with van der Waals surface area (Å²) in [5.74, 6) is 0.886. The third-order valence-corrected chi connectivity index (χ3v) is 3.09. The lowest BCUT2D eigenvalue weighted by Crippen LogP contribution is -2.33. The van der Waals surface area contributed by atoms with E-state index in [2.05, 4.69) is 31.1 Å².